The summed E-state index contributed by atoms with van der Waals surface area (Å²) < 4.78 is 4.92. The number of carboxylic acids is 1. The minimum absolute atomic E-state index is 0.697. The molecule has 1 aliphatic heterocycles. The number of hydrogen-bond acceptors (Lipinski definition) is 7. The van der Waals surface area contributed by atoms with Gasteiger partial charge in [-0.3, -0.25) is 4.79 Å². The van der Waals surface area contributed by atoms with Crippen molar-refractivity contribution < 1.29 is 35.1 Å². The highest BCUT2D eigenvalue weighted by atomic mass is 16.6. The Bertz CT molecular complexity index is 273. The first-order chi connectivity index (χ1) is 7.31. The molecule has 0 amide bonds. The van der Waals surface area contributed by atoms with Crippen LogP contribution in [0.25, 0.3) is 0 Å². The predicted octanol–water partition coefficient (Wildman–Crippen LogP) is -3.41. The number of nitrogens with two attached hydrogens (primary N) is 1. The molecule has 0 aromatic carbocycles. The third kappa shape index (κ3) is 2.32. The van der Waals surface area contributed by atoms with Crippen molar-refractivity contribution in [2.75, 3.05) is 6.61 Å². The van der Waals surface area contributed by atoms with Crippen LogP contribution in [0.15, 0.2) is 0 Å². The Hall–Kier alpha value is -0.770. The quantitative estimate of drug-likeness (QED) is 0.295. The maximum atomic E-state index is 10.5. The van der Waals surface area contributed by atoms with E-state index >= 15 is 0 Å². The standard InChI is InChI=1S/C8H15NO7/c9-8(1-4(12)13)7(15)5(14)6(16-8)3(11)2-10/h3,5-7,10-11,14-15H,1-2,9H2,(H,12,13)/t3-,5?,6?,7?,8-/m1/s1. The molecule has 1 rings (SSSR count). The zero-order valence-corrected chi connectivity index (χ0v) is 8.35. The van der Waals surface area contributed by atoms with Crippen molar-refractivity contribution in [3.63, 3.8) is 0 Å². The summed E-state index contributed by atoms with van der Waals surface area (Å²) in [5, 5.41) is 45.5. The predicted molar refractivity (Wildman–Crippen MR) is 49.2 cm³/mol. The van der Waals surface area contributed by atoms with Crippen LogP contribution < -0.4 is 5.73 Å². The molecule has 5 atom stereocenters. The van der Waals surface area contributed by atoms with Crippen LogP contribution in [0.5, 0.6) is 0 Å². The Kier molecular flexibility index (Phi) is 3.84. The molecule has 1 aliphatic rings. The van der Waals surface area contributed by atoms with Crippen molar-refractivity contribution >= 4 is 5.97 Å². The third-order valence-corrected chi connectivity index (χ3v) is 2.51. The molecule has 1 fully saturated rings. The summed E-state index contributed by atoms with van der Waals surface area (Å²) in [6, 6.07) is 0. The molecular formula is C8H15NO7. The van der Waals surface area contributed by atoms with Crippen LogP contribution in [0, 0.1) is 0 Å². The van der Waals surface area contributed by atoms with Crippen LogP contribution >= 0.6 is 0 Å². The molecule has 8 nitrogen and oxygen atoms in total. The molecule has 0 aromatic rings. The van der Waals surface area contributed by atoms with Crippen molar-refractivity contribution in [2.24, 2.45) is 5.73 Å². The van der Waals surface area contributed by atoms with Gasteiger partial charge in [0, 0.05) is 0 Å². The molecule has 94 valence electrons. The van der Waals surface area contributed by atoms with E-state index in [0.717, 1.165) is 0 Å². The second-order valence-electron chi connectivity index (χ2n) is 3.79. The molecule has 1 saturated heterocycles. The van der Waals surface area contributed by atoms with Crippen molar-refractivity contribution in [3.05, 3.63) is 0 Å². The smallest absolute Gasteiger partial charge is 0.307 e. The van der Waals surface area contributed by atoms with E-state index < -0.39 is 49.1 Å². The summed E-state index contributed by atoms with van der Waals surface area (Å²) in [7, 11) is 0. The van der Waals surface area contributed by atoms with Gasteiger partial charge in [0.15, 0.2) is 5.72 Å². The van der Waals surface area contributed by atoms with Gasteiger partial charge in [0.1, 0.15) is 24.4 Å². The van der Waals surface area contributed by atoms with Crippen molar-refractivity contribution in [1.29, 1.82) is 0 Å². The van der Waals surface area contributed by atoms with E-state index in [0.29, 0.717) is 0 Å². The molecular weight excluding hydrogens is 222 g/mol. The lowest BCUT2D eigenvalue weighted by molar-refractivity contribution is -0.155. The van der Waals surface area contributed by atoms with Gasteiger partial charge >= 0.3 is 5.97 Å². The van der Waals surface area contributed by atoms with Crippen LogP contribution in [0.2, 0.25) is 0 Å². The Morgan fingerprint density at radius 2 is 2.06 bits per heavy atom. The third-order valence-electron chi connectivity index (χ3n) is 2.51. The summed E-state index contributed by atoms with van der Waals surface area (Å²) >= 11 is 0. The number of rotatable bonds is 4. The topological polar surface area (TPSA) is 153 Å². The van der Waals surface area contributed by atoms with Crippen LogP contribution in [-0.4, -0.2) is 68.2 Å². The molecule has 8 heteroatoms. The lowest BCUT2D eigenvalue weighted by Gasteiger charge is -2.25. The second-order valence-corrected chi connectivity index (χ2v) is 3.79. The van der Waals surface area contributed by atoms with E-state index in [2.05, 4.69) is 0 Å². The van der Waals surface area contributed by atoms with E-state index in [-0.39, 0.29) is 0 Å². The van der Waals surface area contributed by atoms with E-state index in [1.807, 2.05) is 0 Å². The zero-order valence-electron chi connectivity index (χ0n) is 8.35. The highest BCUT2D eigenvalue weighted by molar-refractivity contribution is 5.68. The molecule has 0 bridgehead atoms. The molecule has 0 saturated carbocycles. The molecule has 16 heavy (non-hydrogen) atoms. The Morgan fingerprint density at radius 3 is 2.50 bits per heavy atom. The number of aliphatic hydroxyl groups excluding tert-OH is 4. The maximum absolute atomic E-state index is 10.5. The first-order valence-electron chi connectivity index (χ1n) is 4.65. The van der Waals surface area contributed by atoms with Gasteiger partial charge in [0.25, 0.3) is 0 Å². The summed E-state index contributed by atoms with van der Waals surface area (Å²) in [5.41, 5.74) is 3.50. The highest BCUT2D eigenvalue weighted by Gasteiger charge is 2.54. The number of hydrogen-bond donors (Lipinski definition) is 6. The van der Waals surface area contributed by atoms with Crippen LogP contribution in [0.4, 0.5) is 0 Å². The molecule has 0 aromatic heterocycles. The van der Waals surface area contributed by atoms with E-state index in [1.54, 1.807) is 0 Å². The summed E-state index contributed by atoms with van der Waals surface area (Å²) in [6.45, 7) is -0.697. The van der Waals surface area contributed by atoms with Crippen LogP contribution in [-0.2, 0) is 9.53 Å². The normalized spacial score (nSPS) is 40.9. The zero-order chi connectivity index (χ0) is 12.5. The Morgan fingerprint density at radius 1 is 1.50 bits per heavy atom. The lowest BCUT2D eigenvalue weighted by atomic mass is 9.99. The number of aliphatic hydroxyl groups is 4. The van der Waals surface area contributed by atoms with E-state index in [4.69, 9.17) is 20.7 Å². The fraction of sp³-hybridized carbons (Fsp3) is 0.875. The summed E-state index contributed by atoms with van der Waals surface area (Å²) in [6.07, 6.45) is -6.67. The van der Waals surface area contributed by atoms with Crippen LogP contribution in [0.3, 0.4) is 0 Å². The van der Waals surface area contributed by atoms with Crippen molar-refractivity contribution in [2.45, 2.75) is 36.6 Å². The number of ether oxygens (including phenoxy) is 1. The second kappa shape index (κ2) is 4.62. The van der Waals surface area contributed by atoms with Gasteiger partial charge < -0.3 is 36.0 Å². The fourth-order valence-corrected chi connectivity index (χ4v) is 1.65. The lowest BCUT2D eigenvalue weighted by Crippen LogP contribution is -2.52. The Labute approximate surface area is 90.9 Å². The van der Waals surface area contributed by atoms with Crippen LogP contribution in [0.1, 0.15) is 6.42 Å². The molecule has 0 aliphatic carbocycles. The van der Waals surface area contributed by atoms with Gasteiger partial charge in [-0.25, -0.2) is 0 Å². The molecule has 7 N–H and O–H groups in total. The van der Waals surface area contributed by atoms with Gasteiger partial charge in [0.2, 0.25) is 0 Å². The number of carbonyl (C=O) groups is 1. The first-order valence-corrected chi connectivity index (χ1v) is 4.65. The molecule has 0 radical (unpaired) electrons. The minimum atomic E-state index is -1.97. The summed E-state index contributed by atoms with van der Waals surface area (Å²) in [4.78, 5) is 10.5. The molecule has 3 unspecified atom stereocenters. The Balaban J connectivity index is 2.81. The number of carboxylic acid groups (broad SMARTS) is 1. The molecule has 1 heterocycles. The number of aliphatic carboxylic acids is 1. The average molecular weight is 237 g/mol. The average Bonchev–Trinajstić information content (AvgIpc) is 2.41. The van der Waals surface area contributed by atoms with Crippen molar-refractivity contribution in [1.82, 2.24) is 0 Å². The van der Waals surface area contributed by atoms with Gasteiger partial charge in [-0.2, -0.15) is 0 Å². The van der Waals surface area contributed by atoms with Crippen molar-refractivity contribution in [3.8, 4) is 0 Å². The molecule has 0 spiro atoms. The minimum Gasteiger partial charge on any atom is -0.481 e. The summed E-state index contributed by atoms with van der Waals surface area (Å²) in [5.74, 6) is -1.31. The first kappa shape index (κ1) is 13.3. The largest absolute Gasteiger partial charge is 0.481 e. The van der Waals surface area contributed by atoms with Gasteiger partial charge in [-0.05, 0) is 0 Å². The highest BCUT2D eigenvalue weighted by Crippen LogP contribution is 2.31. The monoisotopic (exact) mass is 237 g/mol. The SMILES string of the molecule is N[C@]1(CC(=O)O)OC([C@H](O)CO)C(O)C1O. The van der Waals surface area contributed by atoms with Gasteiger partial charge in [-0.1, -0.05) is 0 Å². The fourth-order valence-electron chi connectivity index (χ4n) is 1.65. The van der Waals surface area contributed by atoms with Gasteiger partial charge in [0.05, 0.1) is 13.0 Å². The van der Waals surface area contributed by atoms with E-state index in [9.17, 15) is 20.1 Å². The maximum Gasteiger partial charge on any atom is 0.307 e. The van der Waals surface area contributed by atoms with Gasteiger partial charge in [-0.15, -0.1) is 0 Å². The van der Waals surface area contributed by atoms with E-state index in [1.165, 1.54) is 0 Å².